The number of aryl methyl sites for hydroxylation is 1. The molecular weight excluding hydrogens is 268 g/mol. The van der Waals surface area contributed by atoms with Crippen molar-refractivity contribution in [1.82, 2.24) is 15.3 Å². The highest BCUT2D eigenvalue weighted by Gasteiger charge is 2.12. The first kappa shape index (κ1) is 15.2. The summed E-state index contributed by atoms with van der Waals surface area (Å²) in [5, 5.41) is 14.2. The highest BCUT2D eigenvalue weighted by molar-refractivity contribution is 5.64. The van der Waals surface area contributed by atoms with Crippen LogP contribution in [0.15, 0.2) is 24.3 Å². The molecule has 0 aliphatic carbocycles. The molecule has 1 aromatic heterocycles. The molecule has 21 heavy (non-hydrogen) atoms. The Kier molecular flexibility index (Phi) is 4.70. The fourth-order valence-corrected chi connectivity index (χ4v) is 2.13. The lowest BCUT2D eigenvalue weighted by molar-refractivity contribution is -0.384. The molecule has 6 heteroatoms. The van der Waals surface area contributed by atoms with Crippen molar-refractivity contribution < 1.29 is 4.92 Å². The lowest BCUT2D eigenvalue weighted by Gasteiger charge is -2.04. The number of H-pyrrole nitrogens is 1. The molecule has 0 saturated carbocycles. The zero-order valence-electron chi connectivity index (χ0n) is 12.5. The normalized spacial score (nSPS) is 11.0. The van der Waals surface area contributed by atoms with Crippen LogP contribution >= 0.6 is 0 Å². The van der Waals surface area contributed by atoms with Gasteiger partial charge in [-0.1, -0.05) is 26.0 Å². The van der Waals surface area contributed by atoms with Gasteiger partial charge in [0, 0.05) is 23.4 Å². The Hall–Kier alpha value is -2.21. The van der Waals surface area contributed by atoms with Crippen molar-refractivity contribution in [2.75, 3.05) is 6.54 Å². The lowest BCUT2D eigenvalue weighted by Crippen LogP contribution is -2.19. The number of hydrogen-bond acceptors (Lipinski definition) is 4. The van der Waals surface area contributed by atoms with Gasteiger partial charge < -0.3 is 10.3 Å². The third-order valence-corrected chi connectivity index (χ3v) is 3.11. The Morgan fingerprint density at radius 1 is 1.43 bits per heavy atom. The average molecular weight is 288 g/mol. The predicted molar refractivity (Wildman–Crippen MR) is 82.0 cm³/mol. The molecule has 2 N–H and O–H groups in total. The van der Waals surface area contributed by atoms with Crippen LogP contribution in [0.4, 0.5) is 5.69 Å². The molecule has 0 amide bonds. The van der Waals surface area contributed by atoms with Gasteiger partial charge in [0.2, 0.25) is 0 Å². The van der Waals surface area contributed by atoms with E-state index in [0.717, 1.165) is 29.3 Å². The number of nitrogens with one attached hydrogen (secondary N) is 2. The van der Waals surface area contributed by atoms with E-state index in [1.54, 1.807) is 12.1 Å². The highest BCUT2D eigenvalue weighted by Crippen LogP contribution is 2.24. The van der Waals surface area contributed by atoms with Gasteiger partial charge in [-0.25, -0.2) is 4.98 Å². The molecule has 0 fully saturated rings. The van der Waals surface area contributed by atoms with Gasteiger partial charge in [0.15, 0.2) is 0 Å². The van der Waals surface area contributed by atoms with Gasteiger partial charge in [-0.15, -0.1) is 0 Å². The van der Waals surface area contributed by atoms with Crippen LogP contribution in [0.1, 0.15) is 25.4 Å². The van der Waals surface area contributed by atoms with Gasteiger partial charge in [-0.2, -0.15) is 0 Å². The molecule has 112 valence electrons. The van der Waals surface area contributed by atoms with E-state index >= 15 is 0 Å². The molecule has 1 aromatic carbocycles. The van der Waals surface area contributed by atoms with Crippen molar-refractivity contribution in [1.29, 1.82) is 0 Å². The quantitative estimate of drug-likeness (QED) is 0.632. The van der Waals surface area contributed by atoms with Crippen LogP contribution in [-0.4, -0.2) is 21.4 Å². The Labute approximate surface area is 123 Å². The fraction of sp³-hybridized carbons (Fsp3) is 0.400. The second-order valence-electron chi connectivity index (χ2n) is 5.49. The third kappa shape index (κ3) is 3.88. The molecule has 6 nitrogen and oxygen atoms in total. The molecule has 0 unspecified atom stereocenters. The summed E-state index contributed by atoms with van der Waals surface area (Å²) in [5.41, 5.74) is 2.51. The summed E-state index contributed by atoms with van der Waals surface area (Å²) in [6.45, 7) is 7.80. The summed E-state index contributed by atoms with van der Waals surface area (Å²) < 4.78 is 0. The van der Waals surface area contributed by atoms with E-state index in [1.807, 2.05) is 13.0 Å². The number of nitro benzene ring substituents is 1. The molecule has 2 aromatic rings. The Bertz CT molecular complexity index is 634. The van der Waals surface area contributed by atoms with Gasteiger partial charge in [0.25, 0.3) is 5.69 Å². The van der Waals surface area contributed by atoms with Gasteiger partial charge in [-0.05, 0) is 19.4 Å². The molecule has 0 bridgehead atoms. The number of hydrogen-bond donors (Lipinski definition) is 2. The van der Waals surface area contributed by atoms with Crippen molar-refractivity contribution in [3.63, 3.8) is 0 Å². The van der Waals surface area contributed by atoms with Crippen LogP contribution in [0.3, 0.4) is 0 Å². The smallest absolute Gasteiger partial charge is 0.270 e. The first-order valence-electron chi connectivity index (χ1n) is 6.98. The van der Waals surface area contributed by atoms with Crippen LogP contribution in [-0.2, 0) is 6.54 Å². The summed E-state index contributed by atoms with van der Waals surface area (Å²) >= 11 is 0. The van der Waals surface area contributed by atoms with Crippen LogP contribution in [0.2, 0.25) is 0 Å². The Balaban J connectivity index is 2.18. The van der Waals surface area contributed by atoms with E-state index in [2.05, 4.69) is 29.1 Å². The van der Waals surface area contributed by atoms with Gasteiger partial charge in [0.1, 0.15) is 5.82 Å². The number of nitro groups is 1. The second-order valence-corrected chi connectivity index (χ2v) is 5.49. The lowest BCUT2D eigenvalue weighted by atomic mass is 10.1. The number of rotatable bonds is 6. The van der Waals surface area contributed by atoms with Crippen molar-refractivity contribution in [3.8, 4) is 11.3 Å². The van der Waals surface area contributed by atoms with Crippen LogP contribution in [0.5, 0.6) is 0 Å². The monoisotopic (exact) mass is 288 g/mol. The maximum Gasteiger partial charge on any atom is 0.270 e. The molecule has 1 heterocycles. The second kappa shape index (κ2) is 6.49. The van der Waals surface area contributed by atoms with Crippen molar-refractivity contribution in [2.24, 2.45) is 5.92 Å². The predicted octanol–water partition coefficient (Wildman–Crippen LogP) is 3.04. The Morgan fingerprint density at radius 3 is 2.86 bits per heavy atom. The standard InChI is InChI=1S/C15H20N4O2/c1-10(2)8-16-9-14-17-11(3)15(18-14)12-5-4-6-13(7-12)19(20)21/h4-7,10,16H,8-9H2,1-3H3,(H,17,18). The number of benzene rings is 1. The van der Waals surface area contributed by atoms with E-state index in [1.165, 1.54) is 6.07 Å². The Morgan fingerprint density at radius 2 is 2.19 bits per heavy atom. The van der Waals surface area contributed by atoms with E-state index in [-0.39, 0.29) is 5.69 Å². The molecule has 0 spiro atoms. The number of non-ortho nitro benzene ring substituents is 1. The zero-order valence-corrected chi connectivity index (χ0v) is 12.5. The minimum Gasteiger partial charge on any atom is -0.344 e. The highest BCUT2D eigenvalue weighted by atomic mass is 16.6. The van der Waals surface area contributed by atoms with Gasteiger partial charge in [0.05, 0.1) is 17.2 Å². The maximum absolute atomic E-state index is 10.8. The summed E-state index contributed by atoms with van der Waals surface area (Å²) in [7, 11) is 0. The molecule has 0 aliphatic heterocycles. The fourth-order valence-electron chi connectivity index (χ4n) is 2.13. The molecule has 0 radical (unpaired) electrons. The number of imidazole rings is 1. The van der Waals surface area contributed by atoms with Crippen molar-refractivity contribution in [3.05, 3.63) is 45.9 Å². The summed E-state index contributed by atoms with van der Waals surface area (Å²) in [5.74, 6) is 1.42. The molecule has 0 aliphatic rings. The third-order valence-electron chi connectivity index (χ3n) is 3.11. The van der Waals surface area contributed by atoms with Gasteiger partial charge >= 0.3 is 0 Å². The van der Waals surface area contributed by atoms with Gasteiger partial charge in [-0.3, -0.25) is 10.1 Å². The van der Waals surface area contributed by atoms with Crippen molar-refractivity contribution in [2.45, 2.75) is 27.3 Å². The molecule has 2 rings (SSSR count). The number of nitrogens with zero attached hydrogens (tertiary/aromatic N) is 2. The molecule has 0 atom stereocenters. The summed E-state index contributed by atoms with van der Waals surface area (Å²) in [6.07, 6.45) is 0. The largest absolute Gasteiger partial charge is 0.344 e. The van der Waals surface area contributed by atoms with Crippen LogP contribution in [0.25, 0.3) is 11.3 Å². The van der Waals surface area contributed by atoms with Crippen LogP contribution < -0.4 is 5.32 Å². The first-order valence-corrected chi connectivity index (χ1v) is 6.98. The SMILES string of the molecule is Cc1[nH]c(CNCC(C)C)nc1-c1cccc([N+](=O)[O-])c1. The maximum atomic E-state index is 10.8. The topological polar surface area (TPSA) is 83.8 Å². The minimum atomic E-state index is -0.392. The van der Waals surface area contributed by atoms with E-state index in [0.29, 0.717) is 12.5 Å². The average Bonchev–Trinajstić information content (AvgIpc) is 2.79. The van der Waals surface area contributed by atoms with E-state index < -0.39 is 4.92 Å². The molecule has 0 saturated heterocycles. The summed E-state index contributed by atoms with van der Waals surface area (Å²) in [4.78, 5) is 18.2. The molecular formula is C15H20N4O2. The van der Waals surface area contributed by atoms with Crippen molar-refractivity contribution >= 4 is 5.69 Å². The zero-order chi connectivity index (χ0) is 15.4. The number of aromatic nitrogens is 2. The summed E-state index contributed by atoms with van der Waals surface area (Å²) in [6, 6.07) is 6.55. The van der Waals surface area contributed by atoms with Crippen LogP contribution in [0, 0.1) is 23.0 Å². The van der Waals surface area contributed by atoms with E-state index in [4.69, 9.17) is 0 Å². The first-order chi connectivity index (χ1) is 9.97. The van der Waals surface area contributed by atoms with E-state index in [9.17, 15) is 10.1 Å². The minimum absolute atomic E-state index is 0.0781. The number of aromatic amines is 1.